The molecule has 2 aromatic carbocycles. The average molecular weight is 372 g/mol. The van der Waals surface area contributed by atoms with E-state index in [1.807, 2.05) is 37.3 Å². The SMILES string of the molecule is CCN(Cc1ccccc1)S(=O)(=O)c1ccc(N2CCCCC2=O)cc1. The molecule has 1 aliphatic rings. The Morgan fingerprint density at radius 1 is 1.00 bits per heavy atom. The van der Waals surface area contributed by atoms with Crippen molar-refractivity contribution in [1.29, 1.82) is 0 Å². The normalized spacial score (nSPS) is 15.5. The summed E-state index contributed by atoms with van der Waals surface area (Å²) >= 11 is 0. The number of nitrogens with zero attached hydrogens (tertiary/aromatic N) is 2. The molecule has 0 aliphatic carbocycles. The van der Waals surface area contributed by atoms with Gasteiger partial charge in [-0.1, -0.05) is 37.3 Å². The highest BCUT2D eigenvalue weighted by atomic mass is 32.2. The molecular formula is C20H24N2O3S. The summed E-state index contributed by atoms with van der Waals surface area (Å²) < 4.78 is 27.4. The van der Waals surface area contributed by atoms with Gasteiger partial charge < -0.3 is 4.90 Å². The number of amides is 1. The molecule has 138 valence electrons. The molecule has 1 amide bonds. The first-order valence-corrected chi connectivity index (χ1v) is 10.4. The summed E-state index contributed by atoms with van der Waals surface area (Å²) in [6.07, 6.45) is 2.46. The Balaban J connectivity index is 1.80. The van der Waals surface area contributed by atoms with Crippen LogP contribution in [-0.2, 0) is 21.4 Å². The molecular weight excluding hydrogens is 348 g/mol. The van der Waals surface area contributed by atoms with Gasteiger partial charge in [0.15, 0.2) is 0 Å². The third-order valence-corrected chi connectivity index (χ3v) is 6.60. The molecule has 0 atom stereocenters. The second kappa shape index (κ2) is 8.01. The predicted octanol–water partition coefficient (Wildman–Crippen LogP) is 3.41. The number of carbonyl (C=O) groups excluding carboxylic acids is 1. The Morgan fingerprint density at radius 3 is 2.31 bits per heavy atom. The molecule has 0 radical (unpaired) electrons. The fourth-order valence-electron chi connectivity index (χ4n) is 3.18. The molecule has 3 rings (SSSR count). The van der Waals surface area contributed by atoms with Gasteiger partial charge in [0.1, 0.15) is 0 Å². The standard InChI is InChI=1S/C20H24N2O3S/c1-2-21(16-17-8-4-3-5-9-17)26(24,25)19-13-11-18(12-14-19)22-15-7-6-10-20(22)23/h3-5,8-9,11-14H,2,6-7,10,15-16H2,1H3. The van der Waals surface area contributed by atoms with E-state index in [2.05, 4.69) is 0 Å². The zero-order valence-electron chi connectivity index (χ0n) is 15.0. The minimum absolute atomic E-state index is 0.103. The van der Waals surface area contributed by atoms with Gasteiger partial charge in [0.25, 0.3) is 0 Å². The quantitative estimate of drug-likeness (QED) is 0.781. The predicted molar refractivity (Wildman–Crippen MR) is 102 cm³/mol. The number of anilines is 1. The van der Waals surface area contributed by atoms with Crippen LogP contribution < -0.4 is 4.90 Å². The van der Waals surface area contributed by atoms with E-state index >= 15 is 0 Å². The second-order valence-electron chi connectivity index (χ2n) is 6.41. The molecule has 0 spiro atoms. The molecule has 0 N–H and O–H groups in total. The van der Waals surface area contributed by atoms with Gasteiger partial charge in [0.2, 0.25) is 15.9 Å². The molecule has 2 aromatic rings. The zero-order valence-corrected chi connectivity index (χ0v) is 15.8. The lowest BCUT2D eigenvalue weighted by Crippen LogP contribution is -2.35. The number of piperidine rings is 1. The van der Waals surface area contributed by atoms with Crippen molar-refractivity contribution in [2.24, 2.45) is 0 Å². The van der Waals surface area contributed by atoms with Crippen molar-refractivity contribution in [2.45, 2.75) is 37.6 Å². The molecule has 1 heterocycles. The number of carbonyl (C=O) groups is 1. The van der Waals surface area contributed by atoms with Crippen molar-refractivity contribution in [3.63, 3.8) is 0 Å². The van der Waals surface area contributed by atoms with Crippen LogP contribution in [0.3, 0.4) is 0 Å². The minimum Gasteiger partial charge on any atom is -0.312 e. The van der Waals surface area contributed by atoms with E-state index in [0.29, 0.717) is 26.1 Å². The molecule has 0 bridgehead atoms. The van der Waals surface area contributed by atoms with Crippen LogP contribution in [0.25, 0.3) is 0 Å². The third-order valence-electron chi connectivity index (χ3n) is 4.66. The highest BCUT2D eigenvalue weighted by molar-refractivity contribution is 7.89. The van der Waals surface area contributed by atoms with Crippen molar-refractivity contribution < 1.29 is 13.2 Å². The van der Waals surface area contributed by atoms with E-state index in [0.717, 1.165) is 24.1 Å². The number of benzene rings is 2. The molecule has 0 aromatic heterocycles. The van der Waals surface area contributed by atoms with E-state index in [4.69, 9.17) is 0 Å². The van der Waals surface area contributed by atoms with Crippen LogP contribution in [0.5, 0.6) is 0 Å². The largest absolute Gasteiger partial charge is 0.312 e. The van der Waals surface area contributed by atoms with Crippen molar-refractivity contribution in [3.05, 3.63) is 60.2 Å². The van der Waals surface area contributed by atoms with Crippen molar-refractivity contribution >= 4 is 21.6 Å². The number of hydrogen-bond donors (Lipinski definition) is 0. The maximum Gasteiger partial charge on any atom is 0.243 e. The van der Waals surface area contributed by atoms with Crippen molar-refractivity contribution in [1.82, 2.24) is 4.31 Å². The van der Waals surface area contributed by atoms with Gasteiger partial charge in [-0.2, -0.15) is 4.31 Å². The highest BCUT2D eigenvalue weighted by Crippen LogP contribution is 2.24. The van der Waals surface area contributed by atoms with E-state index < -0.39 is 10.0 Å². The van der Waals surface area contributed by atoms with Crippen LogP contribution in [0.4, 0.5) is 5.69 Å². The lowest BCUT2D eigenvalue weighted by Gasteiger charge is -2.27. The molecule has 5 nitrogen and oxygen atoms in total. The first-order chi connectivity index (χ1) is 12.5. The summed E-state index contributed by atoms with van der Waals surface area (Å²) in [5.41, 5.74) is 1.72. The first-order valence-electron chi connectivity index (χ1n) is 8.97. The highest BCUT2D eigenvalue weighted by Gasteiger charge is 2.24. The van der Waals surface area contributed by atoms with Crippen LogP contribution in [0.2, 0.25) is 0 Å². The van der Waals surface area contributed by atoms with Gasteiger partial charge >= 0.3 is 0 Å². The van der Waals surface area contributed by atoms with Crippen LogP contribution in [-0.4, -0.2) is 31.7 Å². The molecule has 1 aliphatic heterocycles. The topological polar surface area (TPSA) is 57.7 Å². The second-order valence-corrected chi connectivity index (χ2v) is 8.35. The Labute approximate surface area is 155 Å². The summed E-state index contributed by atoms with van der Waals surface area (Å²) in [6, 6.07) is 16.2. The fraction of sp³-hybridized carbons (Fsp3) is 0.350. The maximum absolute atomic E-state index is 13.0. The summed E-state index contributed by atoms with van der Waals surface area (Å²) in [7, 11) is -3.58. The van der Waals surface area contributed by atoms with Gasteiger partial charge in [0.05, 0.1) is 4.90 Å². The van der Waals surface area contributed by atoms with E-state index in [-0.39, 0.29) is 10.8 Å². The Morgan fingerprint density at radius 2 is 1.69 bits per heavy atom. The smallest absolute Gasteiger partial charge is 0.243 e. The monoisotopic (exact) mass is 372 g/mol. The van der Waals surface area contributed by atoms with Gasteiger partial charge in [-0.3, -0.25) is 4.79 Å². The van der Waals surface area contributed by atoms with Crippen LogP contribution in [0, 0.1) is 0 Å². The molecule has 1 saturated heterocycles. The van der Waals surface area contributed by atoms with Crippen LogP contribution in [0.1, 0.15) is 31.7 Å². The summed E-state index contributed by atoms with van der Waals surface area (Å²) in [4.78, 5) is 14.0. The Kier molecular flexibility index (Phi) is 5.74. The Hall–Kier alpha value is -2.18. The number of rotatable bonds is 6. The van der Waals surface area contributed by atoms with Crippen molar-refractivity contribution in [3.8, 4) is 0 Å². The van der Waals surface area contributed by atoms with Gasteiger partial charge in [-0.05, 0) is 42.7 Å². The van der Waals surface area contributed by atoms with Gasteiger partial charge in [-0.25, -0.2) is 8.42 Å². The Bertz CT molecular complexity index is 848. The molecule has 0 unspecified atom stereocenters. The summed E-state index contributed by atoms with van der Waals surface area (Å²) in [5.74, 6) is 0.103. The number of sulfonamides is 1. The third kappa shape index (κ3) is 3.97. The molecule has 6 heteroatoms. The molecule has 1 fully saturated rings. The zero-order chi connectivity index (χ0) is 18.6. The van der Waals surface area contributed by atoms with Crippen LogP contribution >= 0.6 is 0 Å². The van der Waals surface area contributed by atoms with E-state index in [1.165, 1.54) is 4.31 Å². The lowest BCUT2D eigenvalue weighted by molar-refractivity contribution is -0.119. The van der Waals surface area contributed by atoms with Gasteiger partial charge in [-0.15, -0.1) is 0 Å². The first kappa shape index (κ1) is 18.6. The maximum atomic E-state index is 13.0. The van der Waals surface area contributed by atoms with Crippen molar-refractivity contribution in [2.75, 3.05) is 18.0 Å². The lowest BCUT2D eigenvalue weighted by atomic mass is 10.1. The fourth-order valence-corrected chi connectivity index (χ4v) is 4.62. The van der Waals surface area contributed by atoms with E-state index in [1.54, 1.807) is 29.2 Å². The average Bonchev–Trinajstić information content (AvgIpc) is 2.67. The summed E-state index contributed by atoms with van der Waals surface area (Å²) in [6.45, 7) is 3.26. The minimum atomic E-state index is -3.58. The molecule has 0 saturated carbocycles. The van der Waals surface area contributed by atoms with Crippen LogP contribution in [0.15, 0.2) is 59.5 Å². The number of hydrogen-bond acceptors (Lipinski definition) is 3. The molecule has 26 heavy (non-hydrogen) atoms. The van der Waals surface area contributed by atoms with E-state index in [9.17, 15) is 13.2 Å². The van der Waals surface area contributed by atoms with Gasteiger partial charge in [0, 0.05) is 31.7 Å². The summed E-state index contributed by atoms with van der Waals surface area (Å²) in [5, 5.41) is 0.